The van der Waals surface area contributed by atoms with Crippen molar-refractivity contribution in [3.63, 3.8) is 0 Å². The Labute approximate surface area is 130 Å². The summed E-state index contributed by atoms with van der Waals surface area (Å²) in [6.45, 7) is 1.68. The van der Waals surface area contributed by atoms with Gasteiger partial charge in [0.15, 0.2) is 0 Å². The van der Waals surface area contributed by atoms with Crippen molar-refractivity contribution < 1.29 is 4.79 Å². The Morgan fingerprint density at radius 2 is 2.00 bits per heavy atom. The van der Waals surface area contributed by atoms with Crippen LogP contribution in [-0.4, -0.2) is 29.8 Å². The summed E-state index contributed by atoms with van der Waals surface area (Å²) in [7, 11) is 0. The molecule has 1 aliphatic rings. The van der Waals surface area contributed by atoms with E-state index in [4.69, 9.17) is 11.6 Å². The lowest BCUT2D eigenvalue weighted by Crippen LogP contribution is -2.41. The minimum atomic E-state index is 0.223. The Bertz CT molecular complexity index is 635. The molecule has 2 aromatic rings. The molecule has 1 heterocycles. The summed E-state index contributed by atoms with van der Waals surface area (Å²) in [5.41, 5.74) is 1.12. The molecule has 0 N–H and O–H groups in total. The van der Waals surface area contributed by atoms with Gasteiger partial charge >= 0.3 is 0 Å². The highest BCUT2D eigenvalue weighted by Gasteiger charge is 2.23. The second-order valence-electron chi connectivity index (χ2n) is 5.82. The Morgan fingerprint density at radius 3 is 2.86 bits per heavy atom. The molecule has 1 aliphatic heterocycles. The Kier molecular flexibility index (Phi) is 4.45. The fourth-order valence-corrected chi connectivity index (χ4v) is 3.39. The lowest BCUT2D eigenvalue weighted by molar-refractivity contribution is -0.132. The number of carbonyl (C=O) groups is 1. The quantitative estimate of drug-likeness (QED) is 0.788. The van der Waals surface area contributed by atoms with E-state index in [0.717, 1.165) is 31.5 Å². The minimum absolute atomic E-state index is 0.223. The summed E-state index contributed by atoms with van der Waals surface area (Å²) < 4.78 is 0. The van der Waals surface area contributed by atoms with E-state index in [0.29, 0.717) is 18.2 Å². The van der Waals surface area contributed by atoms with Crippen molar-refractivity contribution >= 4 is 28.3 Å². The van der Waals surface area contributed by atoms with Crippen LogP contribution in [0.4, 0.5) is 0 Å². The van der Waals surface area contributed by atoms with Gasteiger partial charge in [-0.25, -0.2) is 0 Å². The minimum Gasteiger partial charge on any atom is -0.342 e. The van der Waals surface area contributed by atoms with Crippen molar-refractivity contribution in [1.29, 1.82) is 0 Å². The number of fused-ring (bicyclic) bond motifs is 1. The van der Waals surface area contributed by atoms with Crippen LogP contribution in [0.3, 0.4) is 0 Å². The van der Waals surface area contributed by atoms with E-state index in [-0.39, 0.29) is 5.91 Å². The molecular formula is C18H20ClNO. The Hall–Kier alpha value is -1.54. The molecule has 1 fully saturated rings. The molecule has 0 saturated carbocycles. The first-order valence-electron chi connectivity index (χ1n) is 7.58. The van der Waals surface area contributed by atoms with Gasteiger partial charge in [0.1, 0.15) is 0 Å². The van der Waals surface area contributed by atoms with Gasteiger partial charge < -0.3 is 4.90 Å². The number of carbonyl (C=O) groups excluding carboxylic acids is 1. The molecule has 2 aromatic carbocycles. The molecule has 110 valence electrons. The molecule has 2 nitrogen and oxygen atoms in total. The fraction of sp³-hybridized carbons (Fsp3) is 0.389. The third-order valence-corrected chi connectivity index (χ3v) is 4.75. The second-order valence-corrected chi connectivity index (χ2v) is 6.13. The first-order chi connectivity index (χ1) is 10.3. The van der Waals surface area contributed by atoms with E-state index >= 15 is 0 Å². The lowest BCUT2D eigenvalue weighted by atomic mass is 9.98. The summed E-state index contributed by atoms with van der Waals surface area (Å²) in [6, 6.07) is 14.4. The van der Waals surface area contributed by atoms with Crippen molar-refractivity contribution in [2.24, 2.45) is 5.92 Å². The van der Waals surface area contributed by atoms with Crippen LogP contribution >= 0.6 is 11.6 Å². The summed E-state index contributed by atoms with van der Waals surface area (Å²) >= 11 is 5.95. The number of rotatable bonds is 3. The topological polar surface area (TPSA) is 20.3 Å². The van der Waals surface area contributed by atoms with Gasteiger partial charge in [0.2, 0.25) is 5.91 Å². The number of halogens is 1. The zero-order chi connectivity index (χ0) is 14.7. The highest BCUT2D eigenvalue weighted by Crippen LogP contribution is 2.22. The molecule has 3 heteroatoms. The molecule has 1 atom stereocenters. The van der Waals surface area contributed by atoms with Gasteiger partial charge in [0, 0.05) is 19.0 Å². The summed E-state index contributed by atoms with van der Waals surface area (Å²) in [5, 5.41) is 2.37. The van der Waals surface area contributed by atoms with E-state index in [1.165, 1.54) is 10.8 Å². The maximum Gasteiger partial charge on any atom is 0.227 e. The van der Waals surface area contributed by atoms with Crippen LogP contribution < -0.4 is 0 Å². The molecular weight excluding hydrogens is 282 g/mol. The normalized spacial score (nSPS) is 18.9. The molecule has 0 aliphatic carbocycles. The summed E-state index contributed by atoms with van der Waals surface area (Å²) in [6.07, 6.45) is 2.69. The van der Waals surface area contributed by atoms with Gasteiger partial charge in [-0.05, 0) is 35.1 Å². The first kappa shape index (κ1) is 14.4. The van der Waals surface area contributed by atoms with Gasteiger partial charge in [0.05, 0.1) is 6.42 Å². The SMILES string of the molecule is O=C(Cc1cccc2ccccc12)N1CCCC(CCl)C1. The predicted octanol–water partition coefficient (Wildman–Crippen LogP) is 3.86. The number of amides is 1. The highest BCUT2D eigenvalue weighted by atomic mass is 35.5. The standard InChI is InChI=1S/C18H20ClNO/c19-12-14-5-4-10-20(13-14)18(21)11-16-8-3-7-15-6-1-2-9-17(15)16/h1-3,6-9,14H,4-5,10-13H2. The number of benzene rings is 2. The molecule has 3 rings (SSSR count). The fourth-order valence-electron chi connectivity index (χ4n) is 3.14. The molecule has 0 spiro atoms. The first-order valence-corrected chi connectivity index (χ1v) is 8.12. The number of nitrogens with zero attached hydrogens (tertiary/aromatic N) is 1. The van der Waals surface area contributed by atoms with E-state index < -0.39 is 0 Å². The average molecular weight is 302 g/mol. The molecule has 1 unspecified atom stereocenters. The molecule has 1 saturated heterocycles. The Balaban J connectivity index is 1.77. The summed E-state index contributed by atoms with van der Waals surface area (Å²) in [5.74, 6) is 1.33. The number of piperidine rings is 1. The number of hydrogen-bond donors (Lipinski definition) is 0. The van der Waals surface area contributed by atoms with Crippen LogP contribution in [0.1, 0.15) is 18.4 Å². The Morgan fingerprint density at radius 1 is 1.19 bits per heavy atom. The highest BCUT2D eigenvalue weighted by molar-refractivity contribution is 6.18. The van der Waals surface area contributed by atoms with Crippen molar-refractivity contribution in [3.05, 3.63) is 48.0 Å². The molecule has 0 aromatic heterocycles. The van der Waals surface area contributed by atoms with Gasteiger partial charge in [0.25, 0.3) is 0 Å². The van der Waals surface area contributed by atoms with Crippen LogP contribution in [0.2, 0.25) is 0 Å². The second kappa shape index (κ2) is 6.48. The number of alkyl halides is 1. The molecule has 0 bridgehead atoms. The van der Waals surface area contributed by atoms with Crippen molar-refractivity contribution in [2.45, 2.75) is 19.3 Å². The van der Waals surface area contributed by atoms with Gasteiger partial charge in [-0.3, -0.25) is 4.79 Å². The maximum atomic E-state index is 12.6. The van der Waals surface area contributed by atoms with Crippen LogP contribution in [-0.2, 0) is 11.2 Å². The maximum absolute atomic E-state index is 12.6. The zero-order valence-corrected chi connectivity index (χ0v) is 12.9. The van der Waals surface area contributed by atoms with Gasteiger partial charge in [-0.15, -0.1) is 11.6 Å². The lowest BCUT2D eigenvalue weighted by Gasteiger charge is -2.32. The molecule has 1 amide bonds. The molecule has 0 radical (unpaired) electrons. The number of likely N-dealkylation sites (tertiary alicyclic amines) is 1. The average Bonchev–Trinajstić information content (AvgIpc) is 2.55. The van der Waals surface area contributed by atoms with Crippen molar-refractivity contribution in [3.8, 4) is 0 Å². The van der Waals surface area contributed by atoms with Crippen LogP contribution in [0.15, 0.2) is 42.5 Å². The third kappa shape index (κ3) is 3.21. The predicted molar refractivity (Wildman–Crippen MR) is 87.7 cm³/mol. The monoisotopic (exact) mass is 301 g/mol. The zero-order valence-electron chi connectivity index (χ0n) is 12.1. The largest absolute Gasteiger partial charge is 0.342 e. The smallest absolute Gasteiger partial charge is 0.227 e. The van der Waals surface area contributed by atoms with Crippen molar-refractivity contribution in [2.75, 3.05) is 19.0 Å². The van der Waals surface area contributed by atoms with Crippen LogP contribution in [0.5, 0.6) is 0 Å². The molecule has 21 heavy (non-hydrogen) atoms. The van der Waals surface area contributed by atoms with E-state index in [2.05, 4.69) is 24.3 Å². The van der Waals surface area contributed by atoms with Crippen LogP contribution in [0, 0.1) is 5.92 Å². The van der Waals surface area contributed by atoms with Crippen molar-refractivity contribution in [1.82, 2.24) is 4.90 Å². The van der Waals surface area contributed by atoms with Gasteiger partial charge in [-0.2, -0.15) is 0 Å². The summed E-state index contributed by atoms with van der Waals surface area (Å²) in [4.78, 5) is 14.5. The van der Waals surface area contributed by atoms with E-state index in [9.17, 15) is 4.79 Å². The van der Waals surface area contributed by atoms with Gasteiger partial charge in [-0.1, -0.05) is 42.5 Å². The number of hydrogen-bond acceptors (Lipinski definition) is 1. The van der Waals surface area contributed by atoms with E-state index in [1.54, 1.807) is 0 Å². The van der Waals surface area contributed by atoms with Crippen LogP contribution in [0.25, 0.3) is 10.8 Å². The third-order valence-electron chi connectivity index (χ3n) is 4.31. The van der Waals surface area contributed by atoms with E-state index in [1.807, 2.05) is 23.1 Å².